The molecule has 7 atom stereocenters. The number of phosphoric ester groups is 2. The highest BCUT2D eigenvalue weighted by Gasteiger charge is 2.30. The Morgan fingerprint density at radius 2 is 0.511 bits per heavy atom. The maximum absolute atomic E-state index is 13.1. The van der Waals surface area contributed by atoms with Gasteiger partial charge in [0.25, 0.3) is 0 Å². The molecule has 558 valence electrons. The summed E-state index contributed by atoms with van der Waals surface area (Å²) in [4.78, 5) is 72.7. The minimum absolute atomic E-state index is 0.105. The van der Waals surface area contributed by atoms with Gasteiger partial charge in [0.15, 0.2) is 12.2 Å². The number of aliphatic hydroxyl groups is 1. The fourth-order valence-electron chi connectivity index (χ4n) is 11.3. The van der Waals surface area contributed by atoms with Gasteiger partial charge in [0.05, 0.1) is 26.4 Å². The number of carbonyl (C=O) groups excluding carboxylic acids is 4. The Kier molecular flexibility index (Phi) is 63.1. The highest BCUT2D eigenvalue weighted by atomic mass is 31.2. The first kappa shape index (κ1) is 92.1. The molecule has 19 heteroatoms. The van der Waals surface area contributed by atoms with E-state index in [0.29, 0.717) is 25.7 Å². The number of ether oxygens (including phenoxy) is 4. The molecule has 0 rings (SSSR count). The molecule has 0 saturated carbocycles. The summed E-state index contributed by atoms with van der Waals surface area (Å²) in [6.45, 7) is 14.1. The van der Waals surface area contributed by atoms with Crippen molar-refractivity contribution in [2.75, 3.05) is 39.6 Å². The molecule has 0 aliphatic carbocycles. The molecule has 0 heterocycles. The molecule has 0 saturated heterocycles. The zero-order chi connectivity index (χ0) is 69.6. The monoisotopic (exact) mass is 1380 g/mol. The van der Waals surface area contributed by atoms with Gasteiger partial charge in [0, 0.05) is 25.7 Å². The van der Waals surface area contributed by atoms with Crippen molar-refractivity contribution in [2.24, 2.45) is 23.7 Å². The average molecular weight is 1380 g/mol. The Balaban J connectivity index is 5.19. The van der Waals surface area contributed by atoms with Gasteiger partial charge in [0.1, 0.15) is 19.3 Å². The summed E-state index contributed by atoms with van der Waals surface area (Å²) < 4.78 is 68.4. The lowest BCUT2D eigenvalue weighted by atomic mass is 10.00. The minimum atomic E-state index is -4.96. The highest BCUT2D eigenvalue weighted by Crippen LogP contribution is 2.45. The fourth-order valence-corrected chi connectivity index (χ4v) is 12.9. The van der Waals surface area contributed by atoms with Gasteiger partial charge in [-0.15, -0.1) is 0 Å². The van der Waals surface area contributed by atoms with Crippen LogP contribution >= 0.6 is 15.6 Å². The molecular weight excluding hydrogens is 1230 g/mol. The summed E-state index contributed by atoms with van der Waals surface area (Å²) >= 11 is 0. The van der Waals surface area contributed by atoms with Gasteiger partial charge in [-0.3, -0.25) is 37.3 Å². The standard InChI is InChI=1S/C75H146O17P2/c1-9-67(7)53-45-37-31-33-39-47-55-72(77)85-61-70(91-74(79)57-49-41-29-25-20-18-16-14-12-11-13-15-17-19-23-27-35-43-51-65(3)4)63-89-93(81,82)87-59-69(76)60-88-94(83,84)90-64-71(62-86-73(78)56-48-40-34-32-38-46-54-68(8)10-2)92-75(80)58-50-42-30-26-22-21-24-28-36-44-52-66(5)6/h65-71,76H,9-64H2,1-8H3,(H,81,82)(H,83,84)/t67?,68?,69-,70+,71+/m0/s1. The Morgan fingerprint density at radius 1 is 0.298 bits per heavy atom. The number of esters is 4. The van der Waals surface area contributed by atoms with Crippen LogP contribution in [0.3, 0.4) is 0 Å². The lowest BCUT2D eigenvalue weighted by Crippen LogP contribution is -2.30. The average Bonchev–Trinajstić information content (AvgIpc) is 1.27. The van der Waals surface area contributed by atoms with Crippen molar-refractivity contribution in [3.05, 3.63) is 0 Å². The summed E-state index contributed by atoms with van der Waals surface area (Å²) in [7, 11) is -9.91. The summed E-state index contributed by atoms with van der Waals surface area (Å²) in [5, 5.41) is 10.6. The van der Waals surface area contributed by atoms with Crippen molar-refractivity contribution in [1.82, 2.24) is 0 Å². The third kappa shape index (κ3) is 66.0. The Morgan fingerprint density at radius 3 is 0.755 bits per heavy atom. The van der Waals surface area contributed by atoms with Crippen LogP contribution in [0, 0.1) is 23.7 Å². The van der Waals surface area contributed by atoms with E-state index in [9.17, 15) is 43.2 Å². The third-order valence-corrected chi connectivity index (χ3v) is 19.9. The van der Waals surface area contributed by atoms with Gasteiger partial charge in [-0.1, -0.05) is 325 Å². The molecule has 4 unspecified atom stereocenters. The second-order valence-electron chi connectivity index (χ2n) is 28.5. The van der Waals surface area contributed by atoms with Crippen molar-refractivity contribution < 1.29 is 80.2 Å². The number of phosphoric acid groups is 2. The summed E-state index contributed by atoms with van der Waals surface area (Å²) in [5.41, 5.74) is 0. The lowest BCUT2D eigenvalue weighted by molar-refractivity contribution is -0.161. The minimum Gasteiger partial charge on any atom is -0.462 e. The molecule has 0 fully saturated rings. The second-order valence-corrected chi connectivity index (χ2v) is 31.4. The quantitative estimate of drug-likeness (QED) is 0.0222. The van der Waals surface area contributed by atoms with Crippen molar-refractivity contribution in [2.45, 2.75) is 395 Å². The van der Waals surface area contributed by atoms with Gasteiger partial charge >= 0.3 is 39.5 Å². The van der Waals surface area contributed by atoms with Gasteiger partial charge in [-0.25, -0.2) is 9.13 Å². The largest absolute Gasteiger partial charge is 0.472 e. The first-order valence-corrected chi connectivity index (χ1v) is 41.8. The van der Waals surface area contributed by atoms with Crippen LogP contribution in [0.5, 0.6) is 0 Å². The lowest BCUT2D eigenvalue weighted by Gasteiger charge is -2.21. The van der Waals surface area contributed by atoms with Crippen LogP contribution < -0.4 is 0 Å². The molecule has 0 radical (unpaired) electrons. The number of hydrogen-bond donors (Lipinski definition) is 3. The van der Waals surface area contributed by atoms with E-state index in [2.05, 4.69) is 55.4 Å². The number of aliphatic hydroxyl groups excluding tert-OH is 1. The van der Waals surface area contributed by atoms with Gasteiger partial charge in [-0.2, -0.15) is 0 Å². The van der Waals surface area contributed by atoms with E-state index in [1.165, 1.54) is 167 Å². The molecule has 0 bridgehead atoms. The summed E-state index contributed by atoms with van der Waals surface area (Å²) in [5.74, 6) is 0.908. The second kappa shape index (κ2) is 64.4. The van der Waals surface area contributed by atoms with Crippen LogP contribution in [0.25, 0.3) is 0 Å². The van der Waals surface area contributed by atoms with Crippen LogP contribution in [0.1, 0.15) is 376 Å². The van der Waals surface area contributed by atoms with E-state index in [1.807, 2.05) is 0 Å². The number of hydrogen-bond acceptors (Lipinski definition) is 15. The number of carbonyl (C=O) groups is 4. The molecule has 17 nitrogen and oxygen atoms in total. The summed E-state index contributed by atoms with van der Waals surface area (Å²) in [6.07, 6.45) is 48.8. The van der Waals surface area contributed by atoms with E-state index < -0.39 is 97.5 Å². The molecule has 94 heavy (non-hydrogen) atoms. The van der Waals surface area contributed by atoms with Gasteiger partial charge in [-0.05, 0) is 49.4 Å². The van der Waals surface area contributed by atoms with Crippen molar-refractivity contribution >= 4 is 39.5 Å². The Labute approximate surface area is 575 Å². The van der Waals surface area contributed by atoms with E-state index in [1.54, 1.807) is 0 Å². The first-order valence-electron chi connectivity index (χ1n) is 38.8. The molecule has 3 N–H and O–H groups in total. The van der Waals surface area contributed by atoms with Crippen LogP contribution in [-0.2, 0) is 65.4 Å². The third-order valence-electron chi connectivity index (χ3n) is 18.0. The zero-order valence-corrected chi connectivity index (χ0v) is 63.4. The normalized spacial score (nSPS) is 14.7. The zero-order valence-electron chi connectivity index (χ0n) is 61.6. The van der Waals surface area contributed by atoms with E-state index in [0.717, 1.165) is 126 Å². The fraction of sp³-hybridized carbons (Fsp3) is 0.947. The van der Waals surface area contributed by atoms with Gasteiger partial charge in [0.2, 0.25) is 0 Å². The van der Waals surface area contributed by atoms with Crippen molar-refractivity contribution in [1.29, 1.82) is 0 Å². The maximum atomic E-state index is 13.1. The predicted octanol–water partition coefficient (Wildman–Crippen LogP) is 21.7. The van der Waals surface area contributed by atoms with Crippen molar-refractivity contribution in [3.63, 3.8) is 0 Å². The molecule has 0 spiro atoms. The van der Waals surface area contributed by atoms with Crippen LogP contribution in [0.4, 0.5) is 0 Å². The Hall–Kier alpha value is -1.94. The molecule has 0 aromatic rings. The van der Waals surface area contributed by atoms with Gasteiger partial charge < -0.3 is 33.8 Å². The summed E-state index contributed by atoms with van der Waals surface area (Å²) in [6, 6.07) is 0. The van der Waals surface area contributed by atoms with E-state index in [4.69, 9.17) is 37.0 Å². The highest BCUT2D eigenvalue weighted by molar-refractivity contribution is 7.47. The predicted molar refractivity (Wildman–Crippen MR) is 381 cm³/mol. The van der Waals surface area contributed by atoms with E-state index >= 15 is 0 Å². The number of unbranched alkanes of at least 4 members (excludes halogenated alkanes) is 36. The number of rotatable bonds is 72. The smallest absolute Gasteiger partial charge is 0.462 e. The van der Waals surface area contributed by atoms with Crippen LogP contribution in [-0.4, -0.2) is 96.7 Å². The molecule has 0 aromatic carbocycles. The molecule has 0 aliphatic rings. The van der Waals surface area contributed by atoms with E-state index in [-0.39, 0.29) is 25.7 Å². The molecule has 0 amide bonds. The molecular formula is C75H146O17P2. The SMILES string of the molecule is CCC(C)CCCCCCCCC(=O)OC[C@H](COP(=O)(O)OC[C@H](O)COP(=O)(O)OC[C@@H](COC(=O)CCCCCCCCC(C)CC)OC(=O)CCCCCCCCCCCCC(C)C)OC(=O)CCCCCCCCCCCCCCCCCCCCC(C)C. The molecule has 0 aliphatic heterocycles. The Bertz CT molecular complexity index is 1850. The first-order chi connectivity index (χ1) is 45.2. The van der Waals surface area contributed by atoms with Crippen LogP contribution in [0.15, 0.2) is 0 Å². The van der Waals surface area contributed by atoms with Crippen LogP contribution in [0.2, 0.25) is 0 Å². The topological polar surface area (TPSA) is 237 Å². The van der Waals surface area contributed by atoms with Crippen molar-refractivity contribution in [3.8, 4) is 0 Å². The maximum Gasteiger partial charge on any atom is 0.472 e. The molecule has 0 aromatic heterocycles.